The third-order valence-electron chi connectivity index (χ3n) is 2.21. The van der Waals surface area contributed by atoms with Gasteiger partial charge >= 0.3 is 0 Å². The molecule has 0 spiro atoms. The molecule has 1 unspecified atom stereocenters. The van der Waals surface area contributed by atoms with Gasteiger partial charge in [0.2, 0.25) is 10.0 Å². The van der Waals surface area contributed by atoms with Crippen molar-refractivity contribution in [2.24, 2.45) is 0 Å². The molecule has 0 saturated carbocycles. The lowest BCUT2D eigenvalue weighted by atomic mass is 10.3. The van der Waals surface area contributed by atoms with Crippen molar-refractivity contribution in [2.75, 3.05) is 12.8 Å². The summed E-state index contributed by atoms with van der Waals surface area (Å²) in [5, 5.41) is 0. The van der Waals surface area contributed by atoms with E-state index in [1.807, 2.05) is 0 Å². The van der Waals surface area contributed by atoms with Gasteiger partial charge in [-0.25, -0.2) is 13.1 Å². The van der Waals surface area contributed by atoms with Crippen molar-refractivity contribution in [3.05, 3.63) is 30.9 Å². The normalized spacial score (nSPS) is 13.1. The van der Waals surface area contributed by atoms with E-state index in [4.69, 9.17) is 10.5 Å². The Labute approximate surface area is 101 Å². The van der Waals surface area contributed by atoms with Crippen molar-refractivity contribution in [3.8, 4) is 5.75 Å². The molecular formula is C11H16N2O3S. The average Bonchev–Trinajstić information content (AvgIpc) is 2.28. The Morgan fingerprint density at radius 3 is 2.65 bits per heavy atom. The van der Waals surface area contributed by atoms with Gasteiger partial charge in [0.1, 0.15) is 5.75 Å². The minimum atomic E-state index is -3.58. The summed E-state index contributed by atoms with van der Waals surface area (Å²) in [4.78, 5) is 0.101. The molecule has 0 saturated heterocycles. The molecule has 3 N–H and O–H groups in total. The predicted molar refractivity (Wildman–Crippen MR) is 67.4 cm³/mol. The van der Waals surface area contributed by atoms with Crippen LogP contribution >= 0.6 is 0 Å². The van der Waals surface area contributed by atoms with Crippen LogP contribution in [0, 0.1) is 0 Å². The molecule has 1 aromatic carbocycles. The van der Waals surface area contributed by atoms with Crippen LogP contribution in [-0.2, 0) is 10.0 Å². The molecule has 1 aromatic rings. The number of anilines is 1. The molecule has 0 aliphatic carbocycles. The fraction of sp³-hybridized carbons (Fsp3) is 0.273. The number of hydrogen-bond donors (Lipinski definition) is 2. The second kappa shape index (κ2) is 5.20. The van der Waals surface area contributed by atoms with E-state index < -0.39 is 10.0 Å². The maximum atomic E-state index is 11.9. The molecule has 0 radical (unpaired) electrons. The summed E-state index contributed by atoms with van der Waals surface area (Å²) in [6.07, 6.45) is 1.50. The molecule has 94 valence electrons. The van der Waals surface area contributed by atoms with E-state index in [1.165, 1.54) is 31.4 Å². The first-order valence-corrected chi connectivity index (χ1v) is 6.47. The zero-order valence-electron chi connectivity index (χ0n) is 9.80. The third-order valence-corrected chi connectivity index (χ3v) is 3.76. The molecule has 1 rings (SSSR count). The molecular weight excluding hydrogens is 240 g/mol. The number of nitrogens with one attached hydrogen (secondary N) is 1. The second-order valence-corrected chi connectivity index (χ2v) is 5.26. The molecule has 0 aliphatic rings. The smallest absolute Gasteiger partial charge is 0.241 e. The van der Waals surface area contributed by atoms with Crippen molar-refractivity contribution in [1.82, 2.24) is 4.72 Å². The second-order valence-electron chi connectivity index (χ2n) is 3.55. The van der Waals surface area contributed by atoms with Crippen molar-refractivity contribution in [2.45, 2.75) is 17.9 Å². The van der Waals surface area contributed by atoms with E-state index in [9.17, 15) is 8.42 Å². The Morgan fingerprint density at radius 1 is 1.53 bits per heavy atom. The lowest BCUT2D eigenvalue weighted by molar-refractivity contribution is 0.416. The molecule has 0 fully saturated rings. The molecule has 0 heterocycles. The van der Waals surface area contributed by atoms with Crippen molar-refractivity contribution in [3.63, 3.8) is 0 Å². The number of ether oxygens (including phenoxy) is 1. The van der Waals surface area contributed by atoms with Crippen LogP contribution in [0.2, 0.25) is 0 Å². The maximum absolute atomic E-state index is 11.9. The van der Waals surface area contributed by atoms with Crippen LogP contribution in [0.25, 0.3) is 0 Å². The van der Waals surface area contributed by atoms with Gasteiger partial charge in [-0.3, -0.25) is 0 Å². The topological polar surface area (TPSA) is 81.4 Å². The Hall–Kier alpha value is -1.53. The number of benzene rings is 1. The number of nitrogen functional groups attached to an aromatic ring is 1. The molecule has 0 aliphatic heterocycles. The summed E-state index contributed by atoms with van der Waals surface area (Å²) in [6.45, 7) is 5.20. The number of hydrogen-bond acceptors (Lipinski definition) is 4. The van der Waals surface area contributed by atoms with Crippen LogP contribution in [0.4, 0.5) is 5.69 Å². The Balaban J connectivity index is 3.08. The molecule has 17 heavy (non-hydrogen) atoms. The highest BCUT2D eigenvalue weighted by Crippen LogP contribution is 2.24. The monoisotopic (exact) mass is 256 g/mol. The van der Waals surface area contributed by atoms with Crippen LogP contribution in [0.15, 0.2) is 35.7 Å². The fourth-order valence-electron chi connectivity index (χ4n) is 1.24. The molecule has 0 aromatic heterocycles. The minimum Gasteiger partial charge on any atom is -0.495 e. The number of rotatable bonds is 5. The number of sulfonamides is 1. The highest BCUT2D eigenvalue weighted by atomic mass is 32.2. The number of nitrogens with two attached hydrogens (primary N) is 1. The summed E-state index contributed by atoms with van der Waals surface area (Å²) >= 11 is 0. The van der Waals surface area contributed by atoms with Crippen molar-refractivity contribution in [1.29, 1.82) is 0 Å². The summed E-state index contributed by atoms with van der Waals surface area (Å²) in [5.41, 5.74) is 5.93. The van der Waals surface area contributed by atoms with Gasteiger partial charge in [0.25, 0.3) is 0 Å². The predicted octanol–water partition coefficient (Wildman–Crippen LogP) is 1.13. The first kappa shape index (κ1) is 13.5. The van der Waals surface area contributed by atoms with Gasteiger partial charge in [-0.2, -0.15) is 0 Å². The lowest BCUT2D eigenvalue weighted by Crippen LogP contribution is -2.31. The Morgan fingerprint density at radius 2 is 2.18 bits per heavy atom. The maximum Gasteiger partial charge on any atom is 0.241 e. The fourth-order valence-corrected chi connectivity index (χ4v) is 2.49. The van der Waals surface area contributed by atoms with Gasteiger partial charge in [-0.05, 0) is 25.1 Å². The Bertz CT molecular complexity index is 511. The summed E-state index contributed by atoms with van der Waals surface area (Å²) in [7, 11) is -2.11. The molecule has 5 nitrogen and oxygen atoms in total. The van der Waals surface area contributed by atoms with E-state index in [2.05, 4.69) is 11.3 Å². The molecule has 6 heteroatoms. The molecule has 0 amide bonds. The van der Waals surface area contributed by atoms with Crippen LogP contribution in [0.1, 0.15) is 6.92 Å². The first-order valence-electron chi connectivity index (χ1n) is 4.99. The van der Waals surface area contributed by atoms with E-state index in [0.717, 1.165) is 0 Å². The SMILES string of the molecule is C=CC(C)NS(=O)(=O)c1ccc(OC)c(N)c1. The van der Waals surface area contributed by atoms with Crippen LogP contribution < -0.4 is 15.2 Å². The van der Waals surface area contributed by atoms with E-state index in [1.54, 1.807) is 6.92 Å². The van der Waals surface area contributed by atoms with Crippen molar-refractivity contribution < 1.29 is 13.2 Å². The zero-order valence-corrected chi connectivity index (χ0v) is 10.6. The van der Waals surface area contributed by atoms with Crippen LogP contribution in [-0.4, -0.2) is 21.6 Å². The zero-order chi connectivity index (χ0) is 13.1. The van der Waals surface area contributed by atoms with Gasteiger partial charge < -0.3 is 10.5 Å². The lowest BCUT2D eigenvalue weighted by Gasteiger charge is -2.11. The Kier molecular flexibility index (Phi) is 4.14. The minimum absolute atomic E-state index is 0.101. The third kappa shape index (κ3) is 3.21. The van der Waals surface area contributed by atoms with E-state index in [0.29, 0.717) is 5.75 Å². The van der Waals surface area contributed by atoms with Crippen LogP contribution in [0.3, 0.4) is 0 Å². The standard InChI is InChI=1S/C11H16N2O3S/c1-4-8(2)13-17(14,15)9-5-6-11(16-3)10(12)7-9/h4-8,13H,1,12H2,2-3H3. The van der Waals surface area contributed by atoms with Gasteiger partial charge in [0, 0.05) is 6.04 Å². The first-order chi connectivity index (χ1) is 7.90. The van der Waals surface area contributed by atoms with Gasteiger partial charge in [-0.1, -0.05) is 6.08 Å². The highest BCUT2D eigenvalue weighted by Gasteiger charge is 2.17. The van der Waals surface area contributed by atoms with Gasteiger partial charge in [0.05, 0.1) is 17.7 Å². The summed E-state index contributed by atoms with van der Waals surface area (Å²) in [5.74, 6) is 0.445. The largest absolute Gasteiger partial charge is 0.495 e. The average molecular weight is 256 g/mol. The van der Waals surface area contributed by atoms with E-state index >= 15 is 0 Å². The number of methoxy groups -OCH3 is 1. The quantitative estimate of drug-likeness (QED) is 0.611. The molecule has 1 atom stereocenters. The van der Waals surface area contributed by atoms with Crippen molar-refractivity contribution >= 4 is 15.7 Å². The summed E-state index contributed by atoms with van der Waals surface area (Å²) < 4.78 is 31.2. The van der Waals surface area contributed by atoms with Crippen LogP contribution in [0.5, 0.6) is 5.75 Å². The summed E-state index contributed by atoms with van der Waals surface area (Å²) in [6, 6.07) is 3.97. The highest BCUT2D eigenvalue weighted by molar-refractivity contribution is 7.89. The molecule has 0 bridgehead atoms. The van der Waals surface area contributed by atoms with Gasteiger partial charge in [0.15, 0.2) is 0 Å². The van der Waals surface area contributed by atoms with E-state index in [-0.39, 0.29) is 16.6 Å². The van der Waals surface area contributed by atoms with Gasteiger partial charge in [-0.15, -0.1) is 6.58 Å².